The van der Waals surface area contributed by atoms with Gasteiger partial charge in [0.1, 0.15) is 12.2 Å². The van der Waals surface area contributed by atoms with Gasteiger partial charge in [0.2, 0.25) is 0 Å². The van der Waals surface area contributed by atoms with Crippen LogP contribution >= 0.6 is 47.0 Å². The molecule has 71 heavy (non-hydrogen) atoms. The summed E-state index contributed by atoms with van der Waals surface area (Å²) in [6.07, 6.45) is -0.754. The largest absolute Gasteiger partial charge is 0.458 e. The molecular formula is C48H110O19S4. The molecule has 0 saturated carbocycles. The van der Waals surface area contributed by atoms with E-state index < -0.39 is 0 Å². The molecule has 0 aromatic rings. The lowest BCUT2D eigenvalue weighted by Crippen LogP contribution is -2.30. The monoisotopic (exact) mass is 1120 g/mol. The molecule has 0 amide bonds. The van der Waals surface area contributed by atoms with E-state index >= 15 is 0 Å². The topological polar surface area (TPSA) is 207 Å². The Morgan fingerprint density at radius 3 is 0.676 bits per heavy atom. The first-order valence-electron chi connectivity index (χ1n) is 20.5. The van der Waals surface area contributed by atoms with Gasteiger partial charge in [-0.1, -0.05) is 74.3 Å². The number of carbonyl (C=O) groups is 4. The maximum absolute atomic E-state index is 11.4. The SMILES string of the molecule is C.C.C.C.C.C.C.C.C.C.CCOC(=O)SCCOCCOCC(COCCOCCSC(=O)OCC)OCCOCCOC(COCCOCCSC(=O)OCC)COCCOCCSC(=O)OCC. The van der Waals surface area contributed by atoms with Gasteiger partial charge < -0.3 is 71.1 Å². The van der Waals surface area contributed by atoms with E-state index in [0.29, 0.717) is 142 Å². The van der Waals surface area contributed by atoms with E-state index in [9.17, 15) is 19.2 Å². The van der Waals surface area contributed by atoms with Crippen molar-refractivity contribution < 1.29 is 90.2 Å². The second-order valence-corrected chi connectivity index (χ2v) is 15.6. The Morgan fingerprint density at radius 2 is 0.465 bits per heavy atom. The molecule has 0 aliphatic carbocycles. The Balaban J connectivity index is -0.000000400. The molecule has 440 valence electrons. The first-order valence-corrected chi connectivity index (χ1v) is 24.4. The Labute approximate surface area is 452 Å². The van der Waals surface area contributed by atoms with Gasteiger partial charge >= 0.3 is 21.2 Å². The summed E-state index contributed by atoms with van der Waals surface area (Å²) in [5.41, 5.74) is 0. The lowest BCUT2D eigenvalue weighted by Gasteiger charge is -2.19. The number of hydrogen-bond acceptors (Lipinski definition) is 23. The zero-order chi connectivity index (χ0) is 44.7. The first kappa shape index (κ1) is 95.6. The van der Waals surface area contributed by atoms with Gasteiger partial charge in [0, 0.05) is 23.0 Å². The van der Waals surface area contributed by atoms with Gasteiger partial charge in [0.05, 0.1) is 159 Å². The number of carbonyl (C=O) groups excluding carboxylic acids is 4. The third kappa shape index (κ3) is 73.2. The van der Waals surface area contributed by atoms with Crippen LogP contribution in [0.4, 0.5) is 19.2 Å². The minimum atomic E-state index is -0.377. The molecule has 0 N–H and O–H groups in total. The summed E-state index contributed by atoms with van der Waals surface area (Å²) in [6.45, 7) is 14.9. The summed E-state index contributed by atoms with van der Waals surface area (Å²) in [7, 11) is 0. The maximum atomic E-state index is 11.4. The fourth-order valence-electron chi connectivity index (χ4n) is 4.05. The fraction of sp³-hybridized carbons (Fsp3) is 0.917. The van der Waals surface area contributed by atoms with Crippen LogP contribution in [0.3, 0.4) is 0 Å². The highest BCUT2D eigenvalue weighted by Gasteiger charge is 2.13. The van der Waals surface area contributed by atoms with Crippen molar-refractivity contribution in [3.8, 4) is 0 Å². The number of hydrogen-bond donors (Lipinski definition) is 0. The Hall–Kier alpha value is -1.16. The Bertz CT molecular complexity index is 885. The summed E-state index contributed by atoms with van der Waals surface area (Å²) in [5, 5.41) is -1.29. The van der Waals surface area contributed by atoms with E-state index in [1.165, 1.54) is 0 Å². The van der Waals surface area contributed by atoms with E-state index in [1.807, 2.05) is 0 Å². The second-order valence-electron chi connectivity index (χ2n) is 11.5. The predicted molar refractivity (Wildman–Crippen MR) is 302 cm³/mol. The molecule has 0 bridgehead atoms. The van der Waals surface area contributed by atoms with Crippen LogP contribution in [0.1, 0.15) is 102 Å². The van der Waals surface area contributed by atoms with Gasteiger partial charge in [-0.3, -0.25) is 0 Å². The summed E-state index contributed by atoms with van der Waals surface area (Å²) in [4.78, 5) is 45.7. The quantitative estimate of drug-likeness (QED) is 0.0316. The van der Waals surface area contributed by atoms with Crippen molar-refractivity contribution in [3.63, 3.8) is 0 Å². The Kier molecular flexibility index (Phi) is 105. The van der Waals surface area contributed by atoms with Gasteiger partial charge in [-0.05, 0) is 74.7 Å². The average molecular weight is 1120 g/mol. The molecule has 0 spiro atoms. The third-order valence-electron chi connectivity index (χ3n) is 6.70. The lowest BCUT2D eigenvalue weighted by molar-refractivity contribution is -0.0958. The van der Waals surface area contributed by atoms with Crippen molar-refractivity contribution in [2.75, 3.05) is 182 Å². The number of rotatable bonds is 44. The van der Waals surface area contributed by atoms with Crippen LogP contribution in [0, 0.1) is 0 Å². The van der Waals surface area contributed by atoms with Crippen molar-refractivity contribution >= 4 is 68.3 Å². The average Bonchev–Trinajstić information content (AvgIpc) is 3.23. The highest BCUT2D eigenvalue weighted by atomic mass is 32.2. The molecule has 0 fully saturated rings. The van der Waals surface area contributed by atoms with Crippen molar-refractivity contribution in [1.29, 1.82) is 0 Å². The molecule has 0 aromatic heterocycles. The number of thioether (sulfide) groups is 4. The van der Waals surface area contributed by atoms with E-state index in [-0.39, 0.29) is 147 Å². The zero-order valence-electron chi connectivity index (χ0n) is 36.3. The molecule has 0 aromatic carbocycles. The number of ether oxygens (including phenoxy) is 15. The molecule has 0 saturated heterocycles. The molecule has 0 aliphatic rings. The Morgan fingerprint density at radius 1 is 0.282 bits per heavy atom. The van der Waals surface area contributed by atoms with E-state index in [0.717, 1.165) is 47.0 Å². The first-order chi connectivity index (χ1) is 29.9. The van der Waals surface area contributed by atoms with Crippen LogP contribution in [0.2, 0.25) is 0 Å². The summed E-state index contributed by atoms with van der Waals surface area (Å²) in [5.74, 6) is 1.96. The van der Waals surface area contributed by atoms with Crippen LogP contribution in [-0.2, 0) is 71.1 Å². The van der Waals surface area contributed by atoms with Crippen LogP contribution in [0.15, 0.2) is 0 Å². The molecule has 0 unspecified atom stereocenters. The summed E-state index contributed by atoms with van der Waals surface area (Å²) >= 11 is 4.27. The van der Waals surface area contributed by atoms with Gasteiger partial charge in [0.25, 0.3) is 0 Å². The summed E-state index contributed by atoms with van der Waals surface area (Å²) in [6, 6.07) is 0. The molecule has 0 heterocycles. The maximum Gasteiger partial charge on any atom is 0.367 e. The summed E-state index contributed by atoms with van der Waals surface area (Å²) < 4.78 is 82.4. The second kappa shape index (κ2) is 77.7. The van der Waals surface area contributed by atoms with Gasteiger partial charge in [-0.2, -0.15) is 0 Å². The minimum Gasteiger partial charge on any atom is -0.458 e. The van der Waals surface area contributed by atoms with E-state index in [1.54, 1.807) is 27.7 Å². The van der Waals surface area contributed by atoms with Gasteiger partial charge in [-0.25, -0.2) is 19.2 Å². The predicted octanol–water partition coefficient (Wildman–Crippen LogP) is 11.8. The van der Waals surface area contributed by atoms with Crippen molar-refractivity contribution in [3.05, 3.63) is 0 Å². The van der Waals surface area contributed by atoms with Crippen molar-refractivity contribution in [1.82, 2.24) is 0 Å². The zero-order valence-corrected chi connectivity index (χ0v) is 39.6. The molecule has 0 radical (unpaired) electrons. The third-order valence-corrected chi connectivity index (χ3v) is 9.60. The van der Waals surface area contributed by atoms with Gasteiger partial charge in [-0.15, -0.1) is 0 Å². The minimum absolute atomic E-state index is 0. The highest BCUT2D eigenvalue weighted by Crippen LogP contribution is 2.08. The molecule has 19 nitrogen and oxygen atoms in total. The molecule has 23 heteroatoms. The molecule has 0 atom stereocenters. The van der Waals surface area contributed by atoms with Crippen molar-refractivity contribution in [2.24, 2.45) is 0 Å². The van der Waals surface area contributed by atoms with E-state index in [2.05, 4.69) is 0 Å². The lowest BCUT2D eigenvalue weighted by atomic mass is 10.4. The van der Waals surface area contributed by atoms with Crippen molar-refractivity contribution in [2.45, 2.75) is 114 Å². The molecule has 0 aliphatic heterocycles. The smallest absolute Gasteiger partial charge is 0.367 e. The van der Waals surface area contributed by atoms with Crippen LogP contribution in [0.5, 0.6) is 0 Å². The van der Waals surface area contributed by atoms with Crippen LogP contribution < -0.4 is 0 Å². The molecular weight excluding hydrogens is 1010 g/mol. The van der Waals surface area contributed by atoms with Gasteiger partial charge in [0.15, 0.2) is 0 Å². The van der Waals surface area contributed by atoms with E-state index in [4.69, 9.17) is 71.1 Å². The van der Waals surface area contributed by atoms with Crippen LogP contribution in [0.25, 0.3) is 0 Å². The standard InChI is InChI=1S/C38H70O19S4.10CH4/c1-5-52-35(39)58-25-21-44-9-13-48-29-33(30-49-14-10-45-22-26-59-36(40)53-6-2)56-19-17-43-18-20-57-34(31-50-15-11-46-23-27-60-37(41)54-7-3)32-51-16-12-47-24-28-61-38(42)55-8-4;;;;;;;;;;/h33-34H,5-32H2,1-4H3;10*1H4. The fourth-order valence-corrected chi connectivity index (χ4v) is 6.33. The normalized spacial score (nSPS) is 9.77. The van der Waals surface area contributed by atoms with Crippen LogP contribution in [-0.4, -0.2) is 215 Å². The molecule has 0 rings (SSSR count). The highest BCUT2D eigenvalue weighted by molar-refractivity contribution is 8.14.